The molecule has 6 heteroatoms. The van der Waals surface area contributed by atoms with Crippen molar-refractivity contribution in [1.29, 1.82) is 0 Å². The van der Waals surface area contributed by atoms with Crippen LogP contribution < -0.4 is 4.72 Å². The Bertz CT molecular complexity index is 974. The van der Waals surface area contributed by atoms with Gasteiger partial charge in [-0.2, -0.15) is 0 Å². The number of anilines is 1. The van der Waals surface area contributed by atoms with Crippen molar-refractivity contribution in [2.45, 2.75) is 11.3 Å². The van der Waals surface area contributed by atoms with E-state index >= 15 is 0 Å². The zero-order valence-electron chi connectivity index (χ0n) is 13.1. The molecule has 3 aromatic carbocycles. The Morgan fingerprint density at radius 2 is 1.52 bits per heavy atom. The summed E-state index contributed by atoms with van der Waals surface area (Å²) in [6, 6.07) is 20.4. The summed E-state index contributed by atoms with van der Waals surface area (Å²) in [6.45, 7) is 0. The monoisotopic (exact) mass is 375 g/mol. The summed E-state index contributed by atoms with van der Waals surface area (Å²) in [5.74, 6) is -0.661. The van der Waals surface area contributed by atoms with Crippen LogP contribution >= 0.6 is 11.6 Å². The van der Waals surface area contributed by atoms with Crippen LogP contribution in [0.1, 0.15) is 11.1 Å². The van der Waals surface area contributed by atoms with E-state index in [9.17, 15) is 12.8 Å². The van der Waals surface area contributed by atoms with Crippen molar-refractivity contribution in [2.75, 3.05) is 4.72 Å². The molecule has 0 aromatic heterocycles. The highest BCUT2D eigenvalue weighted by Gasteiger charge is 2.16. The van der Waals surface area contributed by atoms with Crippen LogP contribution in [0.4, 0.5) is 10.1 Å². The molecular formula is C19H15ClFNO2S. The Morgan fingerprint density at radius 3 is 2.16 bits per heavy atom. The van der Waals surface area contributed by atoms with Crippen LogP contribution in [-0.4, -0.2) is 8.42 Å². The Kier molecular flexibility index (Phi) is 5.06. The highest BCUT2D eigenvalue weighted by Crippen LogP contribution is 2.22. The number of hydrogen-bond acceptors (Lipinski definition) is 2. The van der Waals surface area contributed by atoms with E-state index in [0.717, 1.165) is 24.1 Å². The second-order valence-electron chi connectivity index (χ2n) is 5.54. The van der Waals surface area contributed by atoms with Crippen LogP contribution in [0.5, 0.6) is 0 Å². The van der Waals surface area contributed by atoms with E-state index in [-0.39, 0.29) is 9.92 Å². The molecule has 0 aliphatic carbocycles. The summed E-state index contributed by atoms with van der Waals surface area (Å²) in [5, 5.41) is -0.235. The van der Waals surface area contributed by atoms with Crippen molar-refractivity contribution in [1.82, 2.24) is 0 Å². The lowest BCUT2D eigenvalue weighted by Crippen LogP contribution is -2.13. The number of nitrogens with one attached hydrogen (secondary N) is 1. The van der Waals surface area contributed by atoms with E-state index in [0.29, 0.717) is 5.69 Å². The van der Waals surface area contributed by atoms with Crippen molar-refractivity contribution in [3.63, 3.8) is 0 Å². The SMILES string of the molecule is O=S(=O)(Nc1ccc(Cc2ccccc2)cc1)c1ccc(F)c(Cl)c1. The molecule has 0 spiro atoms. The molecule has 3 rings (SSSR count). The molecule has 0 saturated heterocycles. The van der Waals surface area contributed by atoms with Crippen LogP contribution in [0.3, 0.4) is 0 Å². The van der Waals surface area contributed by atoms with Gasteiger partial charge >= 0.3 is 0 Å². The van der Waals surface area contributed by atoms with Crippen molar-refractivity contribution in [3.05, 3.63) is 94.8 Å². The maximum Gasteiger partial charge on any atom is 0.261 e. The first-order valence-electron chi connectivity index (χ1n) is 7.55. The molecule has 3 nitrogen and oxygen atoms in total. The molecule has 0 saturated carbocycles. The van der Waals surface area contributed by atoms with Gasteiger partial charge in [0, 0.05) is 5.69 Å². The molecule has 128 valence electrons. The fourth-order valence-corrected chi connectivity index (χ4v) is 3.71. The second-order valence-corrected chi connectivity index (χ2v) is 7.63. The van der Waals surface area contributed by atoms with E-state index in [2.05, 4.69) is 4.72 Å². The largest absolute Gasteiger partial charge is 0.280 e. The normalized spacial score (nSPS) is 11.3. The quantitative estimate of drug-likeness (QED) is 0.691. The summed E-state index contributed by atoms with van der Waals surface area (Å²) in [7, 11) is -3.83. The molecule has 0 amide bonds. The van der Waals surface area contributed by atoms with E-state index < -0.39 is 15.8 Å². The smallest absolute Gasteiger partial charge is 0.261 e. The molecule has 25 heavy (non-hydrogen) atoms. The highest BCUT2D eigenvalue weighted by molar-refractivity contribution is 7.92. The summed E-state index contributed by atoms with van der Waals surface area (Å²) in [4.78, 5) is -0.0905. The minimum absolute atomic E-state index is 0.0905. The van der Waals surface area contributed by atoms with Gasteiger partial charge in [-0.15, -0.1) is 0 Å². The zero-order valence-corrected chi connectivity index (χ0v) is 14.7. The lowest BCUT2D eigenvalue weighted by molar-refractivity contribution is 0.599. The molecule has 0 fully saturated rings. The second kappa shape index (κ2) is 7.25. The lowest BCUT2D eigenvalue weighted by atomic mass is 10.1. The average molecular weight is 376 g/mol. The van der Waals surface area contributed by atoms with Crippen LogP contribution in [-0.2, 0) is 16.4 Å². The van der Waals surface area contributed by atoms with Gasteiger partial charge in [-0.1, -0.05) is 54.1 Å². The number of sulfonamides is 1. The predicted molar refractivity (Wildman–Crippen MR) is 97.9 cm³/mol. The van der Waals surface area contributed by atoms with Gasteiger partial charge in [0.2, 0.25) is 0 Å². The van der Waals surface area contributed by atoms with Gasteiger partial charge in [0.1, 0.15) is 5.82 Å². The Hall–Kier alpha value is -2.37. The average Bonchev–Trinajstić information content (AvgIpc) is 2.60. The molecule has 0 aliphatic rings. The molecule has 0 atom stereocenters. The van der Waals surface area contributed by atoms with Gasteiger partial charge in [-0.05, 0) is 47.9 Å². The first-order chi connectivity index (χ1) is 11.9. The third-order valence-corrected chi connectivity index (χ3v) is 5.33. The first-order valence-corrected chi connectivity index (χ1v) is 9.41. The molecule has 0 unspecified atom stereocenters. The third kappa shape index (κ3) is 4.38. The fraction of sp³-hybridized carbons (Fsp3) is 0.0526. The van der Waals surface area contributed by atoms with E-state index in [4.69, 9.17) is 11.6 Å². The standard InChI is InChI=1S/C19H15ClFNO2S/c20-18-13-17(10-11-19(18)21)25(23,24)22-16-8-6-15(7-9-16)12-14-4-2-1-3-5-14/h1-11,13,22H,12H2. The Morgan fingerprint density at radius 1 is 0.880 bits per heavy atom. The molecule has 1 N–H and O–H groups in total. The van der Waals surface area contributed by atoms with Crippen LogP contribution in [0.2, 0.25) is 5.02 Å². The number of halogens is 2. The Labute approximate surface area is 151 Å². The topological polar surface area (TPSA) is 46.2 Å². The minimum atomic E-state index is -3.83. The molecule has 3 aromatic rings. The van der Waals surface area contributed by atoms with E-state index in [1.165, 1.54) is 11.6 Å². The maximum absolute atomic E-state index is 13.2. The van der Waals surface area contributed by atoms with Gasteiger partial charge in [0.15, 0.2) is 0 Å². The van der Waals surface area contributed by atoms with Crippen molar-refractivity contribution < 1.29 is 12.8 Å². The first kappa shape index (κ1) is 17.5. The molecule has 0 aliphatic heterocycles. The van der Waals surface area contributed by atoms with Crippen molar-refractivity contribution in [2.24, 2.45) is 0 Å². The third-order valence-electron chi connectivity index (χ3n) is 3.66. The number of rotatable bonds is 5. The lowest BCUT2D eigenvalue weighted by Gasteiger charge is -2.09. The van der Waals surface area contributed by atoms with Gasteiger partial charge in [-0.25, -0.2) is 12.8 Å². The molecular weight excluding hydrogens is 361 g/mol. The minimum Gasteiger partial charge on any atom is -0.280 e. The summed E-state index contributed by atoms with van der Waals surface area (Å²) in [5.41, 5.74) is 2.67. The van der Waals surface area contributed by atoms with Gasteiger partial charge < -0.3 is 0 Å². The van der Waals surface area contributed by atoms with Crippen molar-refractivity contribution in [3.8, 4) is 0 Å². The van der Waals surface area contributed by atoms with Gasteiger partial charge in [-0.3, -0.25) is 4.72 Å². The molecule has 0 heterocycles. The summed E-state index contributed by atoms with van der Waals surface area (Å²) >= 11 is 5.65. The van der Waals surface area contributed by atoms with Crippen LogP contribution in [0.25, 0.3) is 0 Å². The van der Waals surface area contributed by atoms with Crippen LogP contribution in [0.15, 0.2) is 77.7 Å². The van der Waals surface area contributed by atoms with Gasteiger partial charge in [0.05, 0.1) is 9.92 Å². The fourth-order valence-electron chi connectivity index (χ4n) is 2.38. The maximum atomic E-state index is 13.2. The van der Waals surface area contributed by atoms with Crippen LogP contribution in [0, 0.1) is 5.82 Å². The van der Waals surface area contributed by atoms with Crippen molar-refractivity contribution >= 4 is 27.3 Å². The molecule has 0 radical (unpaired) electrons. The summed E-state index contributed by atoms with van der Waals surface area (Å²) in [6.07, 6.45) is 0.765. The highest BCUT2D eigenvalue weighted by atomic mass is 35.5. The predicted octanol–water partition coefficient (Wildman–Crippen LogP) is 4.87. The summed E-state index contributed by atoms with van der Waals surface area (Å²) < 4.78 is 40.4. The zero-order chi connectivity index (χ0) is 17.9. The number of hydrogen-bond donors (Lipinski definition) is 1. The van der Waals surface area contributed by atoms with E-state index in [1.807, 2.05) is 42.5 Å². The van der Waals surface area contributed by atoms with Gasteiger partial charge in [0.25, 0.3) is 10.0 Å². The van der Waals surface area contributed by atoms with E-state index in [1.54, 1.807) is 12.1 Å². The Balaban J connectivity index is 1.75. The number of benzene rings is 3. The molecule has 0 bridgehead atoms.